The third-order valence-corrected chi connectivity index (χ3v) is 14.7. The van der Waals surface area contributed by atoms with Gasteiger partial charge in [0.05, 0.1) is 5.69 Å². The molecule has 6 aromatic carbocycles. The van der Waals surface area contributed by atoms with Crippen LogP contribution >= 0.6 is 0 Å². The highest BCUT2D eigenvalue weighted by Crippen LogP contribution is 2.66. The monoisotopic (exact) mass is 731 g/mol. The van der Waals surface area contributed by atoms with Crippen LogP contribution in [0.25, 0.3) is 33.4 Å². The molecule has 4 aliphatic carbocycles. The number of anilines is 3. The zero-order valence-corrected chi connectivity index (χ0v) is 34.7. The number of nitrogens with zero attached hydrogens (tertiary/aromatic N) is 1. The lowest BCUT2D eigenvalue weighted by Crippen LogP contribution is -2.32. The van der Waals surface area contributed by atoms with E-state index in [0.29, 0.717) is 23.7 Å². The molecule has 1 spiro atoms. The van der Waals surface area contributed by atoms with Gasteiger partial charge in [-0.15, -0.1) is 0 Å². The molecule has 0 aromatic heterocycles. The summed E-state index contributed by atoms with van der Waals surface area (Å²) in [4.78, 5) is 2.64. The van der Waals surface area contributed by atoms with Crippen LogP contribution in [-0.2, 0) is 10.8 Å². The van der Waals surface area contributed by atoms with Crippen LogP contribution in [0.4, 0.5) is 17.1 Å². The van der Waals surface area contributed by atoms with Crippen molar-refractivity contribution in [1.82, 2.24) is 0 Å². The van der Waals surface area contributed by atoms with Crippen LogP contribution in [0.2, 0.25) is 0 Å². The van der Waals surface area contributed by atoms with Gasteiger partial charge in [0.1, 0.15) is 0 Å². The molecule has 10 rings (SSSR count). The van der Waals surface area contributed by atoms with Gasteiger partial charge >= 0.3 is 0 Å². The van der Waals surface area contributed by atoms with E-state index in [0.717, 1.165) is 5.92 Å². The number of benzene rings is 6. The Bertz CT molecular complexity index is 2500. The zero-order chi connectivity index (χ0) is 38.7. The van der Waals surface area contributed by atoms with Crippen LogP contribution in [0.15, 0.2) is 121 Å². The van der Waals surface area contributed by atoms with Gasteiger partial charge in [-0.2, -0.15) is 0 Å². The average molecular weight is 732 g/mol. The van der Waals surface area contributed by atoms with E-state index in [-0.39, 0.29) is 10.8 Å². The SMILES string of the molecule is CC(C)c1cc(-c2ccc(C(C)C)cc2N(c2ccc3c(c2)C(C)(C)c2ccccc2-3)c2ccc3c(c2)C2(CC4CCC2C4)c2ccccc2-3)cc(C(C)C)c1. The maximum atomic E-state index is 2.64. The van der Waals surface area contributed by atoms with Crippen molar-refractivity contribution in [3.63, 3.8) is 0 Å². The second-order valence-electron chi connectivity index (χ2n) is 19.2. The number of fused-ring (bicyclic) bond motifs is 11. The van der Waals surface area contributed by atoms with Gasteiger partial charge in [-0.25, -0.2) is 0 Å². The molecule has 4 aliphatic rings. The summed E-state index contributed by atoms with van der Waals surface area (Å²) in [7, 11) is 0. The minimum absolute atomic E-state index is 0.0965. The van der Waals surface area contributed by atoms with Crippen molar-refractivity contribution in [3.05, 3.63) is 160 Å². The summed E-state index contributed by atoms with van der Waals surface area (Å²) in [5, 5.41) is 0. The molecule has 56 heavy (non-hydrogen) atoms. The Balaban J connectivity index is 1.24. The van der Waals surface area contributed by atoms with Crippen LogP contribution in [0, 0.1) is 11.8 Å². The van der Waals surface area contributed by atoms with Crippen molar-refractivity contribution in [1.29, 1.82) is 0 Å². The van der Waals surface area contributed by atoms with E-state index < -0.39 is 0 Å². The van der Waals surface area contributed by atoms with Crippen LogP contribution in [-0.4, -0.2) is 0 Å². The Labute approximate surface area is 335 Å². The first kappa shape index (κ1) is 35.5. The lowest BCUT2D eigenvalue weighted by Gasteiger charge is -2.37. The maximum absolute atomic E-state index is 2.64. The second-order valence-corrected chi connectivity index (χ2v) is 19.2. The molecule has 3 atom stereocenters. The Morgan fingerprint density at radius 1 is 0.500 bits per heavy atom. The molecule has 0 saturated heterocycles. The summed E-state index contributed by atoms with van der Waals surface area (Å²) in [6.07, 6.45) is 5.39. The van der Waals surface area contributed by atoms with E-state index >= 15 is 0 Å². The Kier molecular flexibility index (Phi) is 8.13. The van der Waals surface area contributed by atoms with Gasteiger partial charge < -0.3 is 4.90 Å². The first-order chi connectivity index (χ1) is 27.0. The third kappa shape index (κ3) is 5.18. The molecular weight excluding hydrogens is 675 g/mol. The molecule has 2 bridgehead atoms. The zero-order valence-electron chi connectivity index (χ0n) is 34.7. The smallest absolute Gasteiger partial charge is 0.0542 e. The first-order valence-corrected chi connectivity index (χ1v) is 21.5. The fourth-order valence-corrected chi connectivity index (χ4v) is 11.6. The Morgan fingerprint density at radius 3 is 1.66 bits per heavy atom. The van der Waals surface area contributed by atoms with E-state index in [9.17, 15) is 0 Å². The minimum atomic E-state index is -0.0965. The lowest BCUT2D eigenvalue weighted by atomic mass is 9.67. The largest absolute Gasteiger partial charge is 0.310 e. The minimum Gasteiger partial charge on any atom is -0.310 e. The van der Waals surface area contributed by atoms with Crippen LogP contribution in [0.3, 0.4) is 0 Å². The van der Waals surface area contributed by atoms with Gasteiger partial charge in [0.15, 0.2) is 0 Å². The summed E-state index contributed by atoms with van der Waals surface area (Å²) in [5.74, 6) is 2.83. The fraction of sp³-hybridized carbons (Fsp3) is 0.345. The normalized spacial score (nSPS) is 20.9. The number of hydrogen-bond donors (Lipinski definition) is 0. The molecule has 6 aromatic rings. The summed E-state index contributed by atoms with van der Waals surface area (Å²) in [5.41, 5.74) is 22.1. The van der Waals surface area contributed by atoms with E-state index in [1.54, 1.807) is 11.1 Å². The van der Waals surface area contributed by atoms with E-state index in [2.05, 4.69) is 182 Å². The van der Waals surface area contributed by atoms with Crippen LogP contribution < -0.4 is 4.90 Å². The van der Waals surface area contributed by atoms with Crippen molar-refractivity contribution >= 4 is 17.1 Å². The quantitative estimate of drug-likeness (QED) is 0.158. The van der Waals surface area contributed by atoms with Gasteiger partial charge in [0.2, 0.25) is 0 Å². The average Bonchev–Trinajstić information content (AvgIpc) is 3.95. The molecule has 0 aliphatic heterocycles. The maximum Gasteiger partial charge on any atom is 0.0542 e. The topological polar surface area (TPSA) is 3.24 Å². The van der Waals surface area contributed by atoms with Gasteiger partial charge in [-0.1, -0.05) is 153 Å². The predicted molar refractivity (Wildman–Crippen MR) is 238 cm³/mol. The highest BCUT2D eigenvalue weighted by molar-refractivity contribution is 5.93. The van der Waals surface area contributed by atoms with Gasteiger partial charge in [-0.3, -0.25) is 0 Å². The summed E-state index contributed by atoms with van der Waals surface area (Å²) >= 11 is 0. The molecule has 0 radical (unpaired) electrons. The van der Waals surface area contributed by atoms with E-state index in [1.807, 2.05) is 0 Å². The Morgan fingerprint density at radius 2 is 1.05 bits per heavy atom. The van der Waals surface area contributed by atoms with Gasteiger partial charge in [0, 0.05) is 27.8 Å². The highest BCUT2D eigenvalue weighted by atomic mass is 15.1. The van der Waals surface area contributed by atoms with Crippen molar-refractivity contribution in [3.8, 4) is 33.4 Å². The van der Waals surface area contributed by atoms with Gasteiger partial charge in [0.25, 0.3) is 0 Å². The van der Waals surface area contributed by atoms with Crippen LogP contribution in [0.5, 0.6) is 0 Å². The van der Waals surface area contributed by atoms with Crippen molar-refractivity contribution in [2.24, 2.45) is 11.8 Å². The van der Waals surface area contributed by atoms with Crippen LogP contribution in [0.1, 0.15) is 138 Å². The summed E-state index contributed by atoms with van der Waals surface area (Å²) in [6, 6.07) is 48.0. The molecule has 0 amide bonds. The molecule has 2 saturated carbocycles. The van der Waals surface area contributed by atoms with Gasteiger partial charge in [-0.05, 0) is 146 Å². The van der Waals surface area contributed by atoms with Crippen molar-refractivity contribution in [2.45, 2.75) is 110 Å². The predicted octanol–water partition coefficient (Wildman–Crippen LogP) is 15.6. The molecule has 1 heteroatoms. The highest BCUT2D eigenvalue weighted by Gasteiger charge is 2.56. The molecule has 0 heterocycles. The molecule has 1 nitrogen and oxygen atoms in total. The lowest BCUT2D eigenvalue weighted by molar-refractivity contribution is 0.327. The third-order valence-electron chi connectivity index (χ3n) is 14.7. The summed E-state index contributed by atoms with van der Waals surface area (Å²) in [6.45, 7) is 18.8. The molecule has 282 valence electrons. The second kappa shape index (κ2) is 12.8. The Hall–Kier alpha value is -4.88. The van der Waals surface area contributed by atoms with Crippen molar-refractivity contribution < 1.29 is 0 Å². The first-order valence-electron chi connectivity index (χ1n) is 21.5. The standard InChI is InChI=1S/C55H57N/c1-33(2)37-18-22-44(40-27-38(34(3)4)26-39(28-40)35(5)6)53(29-37)56(42-20-23-47-45-13-9-11-15-49(45)54(7,8)51(47)30-42)43-21-24-48-46-14-10-12-16-50(46)55(52(48)31-43)32-36-17-19-41(55)25-36/h9-16,18,20-24,26-31,33-36,41H,17,19,25,32H2,1-8H3. The molecule has 3 unspecified atom stereocenters. The molecular formula is C55H57N. The molecule has 2 fully saturated rings. The van der Waals surface area contributed by atoms with Crippen molar-refractivity contribution in [2.75, 3.05) is 4.90 Å². The summed E-state index contributed by atoms with van der Waals surface area (Å²) < 4.78 is 0. The van der Waals surface area contributed by atoms with E-state index in [1.165, 1.54) is 104 Å². The van der Waals surface area contributed by atoms with E-state index in [4.69, 9.17) is 0 Å². The fourth-order valence-electron chi connectivity index (χ4n) is 11.6. The molecule has 0 N–H and O–H groups in total. The number of hydrogen-bond acceptors (Lipinski definition) is 1. The number of rotatable bonds is 7.